The van der Waals surface area contributed by atoms with E-state index >= 15 is 0 Å². The molecule has 2 heterocycles. The van der Waals surface area contributed by atoms with Crippen LogP contribution in [0.2, 0.25) is 0 Å². The van der Waals surface area contributed by atoms with Gasteiger partial charge in [-0.15, -0.1) is 0 Å². The molecule has 0 spiro atoms. The summed E-state index contributed by atoms with van der Waals surface area (Å²) in [5.41, 5.74) is 0.545. The Balaban J connectivity index is 1.55. The lowest BCUT2D eigenvalue weighted by Crippen LogP contribution is -2.50. The third-order valence-corrected chi connectivity index (χ3v) is 4.81. The summed E-state index contributed by atoms with van der Waals surface area (Å²) in [6.07, 6.45) is 3.86. The van der Waals surface area contributed by atoms with E-state index < -0.39 is 0 Å². The number of nitrogens with one attached hydrogen (secondary N) is 1. The Morgan fingerprint density at radius 3 is 2.68 bits per heavy atom. The van der Waals surface area contributed by atoms with E-state index in [9.17, 15) is 14.7 Å². The predicted octanol–water partition coefficient (Wildman–Crippen LogP) is 0.959. The summed E-state index contributed by atoms with van der Waals surface area (Å²) >= 11 is 0. The number of carbonyl (C=O) groups is 2. The lowest BCUT2D eigenvalue weighted by molar-refractivity contribution is -0.117. The Kier molecular flexibility index (Phi) is 5.65. The minimum atomic E-state index is -0.305. The Morgan fingerprint density at radius 2 is 2.04 bits per heavy atom. The van der Waals surface area contributed by atoms with Crippen molar-refractivity contribution in [2.24, 2.45) is 5.92 Å². The largest absolute Gasteiger partial charge is 0.392 e. The second-order valence-electron chi connectivity index (χ2n) is 6.85. The van der Waals surface area contributed by atoms with E-state index in [0.717, 1.165) is 32.4 Å². The fourth-order valence-corrected chi connectivity index (χ4v) is 2.95. The van der Waals surface area contributed by atoms with Crippen LogP contribution in [0, 0.1) is 5.92 Å². The number of β-amino-alcohol motifs (C(OH)–C–C–N with tert-alkyl or cyclic N) is 1. The van der Waals surface area contributed by atoms with E-state index in [-0.39, 0.29) is 23.8 Å². The highest BCUT2D eigenvalue weighted by Crippen LogP contribution is 2.30. The second kappa shape index (κ2) is 7.93. The molecule has 1 aliphatic heterocycles. The van der Waals surface area contributed by atoms with Crippen molar-refractivity contribution >= 4 is 17.6 Å². The number of aliphatic hydroxyl groups excluding tert-OH is 1. The Morgan fingerprint density at radius 1 is 1.32 bits per heavy atom. The summed E-state index contributed by atoms with van der Waals surface area (Å²) in [7, 11) is 0. The van der Waals surface area contributed by atoms with E-state index in [4.69, 9.17) is 0 Å². The molecule has 0 radical (unpaired) electrons. The van der Waals surface area contributed by atoms with Crippen LogP contribution in [0.1, 0.15) is 36.5 Å². The van der Waals surface area contributed by atoms with Crippen LogP contribution in [0.5, 0.6) is 0 Å². The molecule has 1 saturated carbocycles. The number of nitrogens with zero attached hydrogens (tertiary/aromatic N) is 3. The molecule has 0 bridgehead atoms. The molecular formula is C18H26N4O3. The molecular weight excluding hydrogens is 320 g/mol. The maximum Gasteiger partial charge on any atom is 0.254 e. The number of pyridine rings is 1. The van der Waals surface area contributed by atoms with Gasteiger partial charge in [0, 0.05) is 50.4 Å². The van der Waals surface area contributed by atoms with Gasteiger partial charge in [0.15, 0.2) is 0 Å². The maximum atomic E-state index is 12.7. The van der Waals surface area contributed by atoms with Crippen molar-refractivity contribution in [3.05, 3.63) is 23.9 Å². The molecule has 1 unspecified atom stereocenters. The molecule has 2 amide bonds. The van der Waals surface area contributed by atoms with Crippen molar-refractivity contribution in [2.45, 2.75) is 32.3 Å². The van der Waals surface area contributed by atoms with Gasteiger partial charge in [0.1, 0.15) is 5.82 Å². The van der Waals surface area contributed by atoms with Gasteiger partial charge in [-0.25, -0.2) is 4.98 Å². The number of aromatic nitrogens is 1. The van der Waals surface area contributed by atoms with Gasteiger partial charge >= 0.3 is 0 Å². The fraction of sp³-hybridized carbons (Fsp3) is 0.611. The lowest BCUT2D eigenvalue weighted by Gasteiger charge is -2.35. The Labute approximate surface area is 148 Å². The molecule has 0 aromatic carbocycles. The average Bonchev–Trinajstić information content (AvgIpc) is 3.47. The molecule has 2 aliphatic rings. The molecule has 25 heavy (non-hydrogen) atoms. The van der Waals surface area contributed by atoms with Crippen LogP contribution in [0.3, 0.4) is 0 Å². The summed E-state index contributed by atoms with van der Waals surface area (Å²) in [6.45, 7) is 5.43. The van der Waals surface area contributed by atoms with Gasteiger partial charge in [0.25, 0.3) is 5.91 Å². The van der Waals surface area contributed by atoms with Gasteiger partial charge < -0.3 is 15.3 Å². The van der Waals surface area contributed by atoms with Crippen molar-refractivity contribution in [1.29, 1.82) is 0 Å². The summed E-state index contributed by atoms with van der Waals surface area (Å²) in [6, 6.07) is 3.33. The molecule has 1 aliphatic carbocycles. The van der Waals surface area contributed by atoms with Gasteiger partial charge in [0.2, 0.25) is 5.91 Å². The van der Waals surface area contributed by atoms with Gasteiger partial charge in [-0.3, -0.25) is 14.5 Å². The van der Waals surface area contributed by atoms with Crippen LogP contribution in [-0.2, 0) is 4.79 Å². The standard InChI is InChI=1S/C18H26N4O3/c1-2-15(23)12-21-7-9-22(10-8-21)18(25)14-5-6-19-16(11-14)20-17(24)13-3-4-13/h5-6,11,13,15,23H,2-4,7-10,12H2,1H3,(H,19,20,24). The summed E-state index contributed by atoms with van der Waals surface area (Å²) < 4.78 is 0. The number of anilines is 1. The molecule has 1 aromatic heterocycles. The maximum absolute atomic E-state index is 12.7. The predicted molar refractivity (Wildman–Crippen MR) is 94.2 cm³/mol. The smallest absolute Gasteiger partial charge is 0.254 e. The van der Waals surface area contributed by atoms with Crippen molar-refractivity contribution in [1.82, 2.24) is 14.8 Å². The first-order chi connectivity index (χ1) is 12.1. The SMILES string of the molecule is CCC(O)CN1CCN(C(=O)c2ccnc(NC(=O)C3CC3)c2)CC1. The fourth-order valence-electron chi connectivity index (χ4n) is 2.95. The summed E-state index contributed by atoms with van der Waals surface area (Å²) in [5, 5.41) is 12.5. The van der Waals surface area contributed by atoms with Crippen LogP contribution in [0.25, 0.3) is 0 Å². The third kappa shape index (κ3) is 4.76. The number of rotatable bonds is 6. The summed E-state index contributed by atoms with van der Waals surface area (Å²) in [5.74, 6) is 0.486. The normalized spacial score (nSPS) is 19.5. The molecule has 1 saturated heterocycles. The molecule has 1 atom stereocenters. The van der Waals surface area contributed by atoms with Crippen LogP contribution >= 0.6 is 0 Å². The number of hydrogen-bond acceptors (Lipinski definition) is 5. The zero-order valence-electron chi connectivity index (χ0n) is 14.6. The van der Waals surface area contributed by atoms with Crippen LogP contribution in [0.15, 0.2) is 18.3 Å². The molecule has 1 aromatic rings. The van der Waals surface area contributed by atoms with Crippen LogP contribution in [-0.4, -0.2) is 70.5 Å². The van der Waals surface area contributed by atoms with Gasteiger partial charge in [-0.1, -0.05) is 6.92 Å². The molecule has 7 nitrogen and oxygen atoms in total. The van der Waals surface area contributed by atoms with Crippen LogP contribution in [0.4, 0.5) is 5.82 Å². The zero-order valence-corrected chi connectivity index (χ0v) is 14.6. The van der Waals surface area contributed by atoms with Crippen molar-refractivity contribution in [3.63, 3.8) is 0 Å². The average molecular weight is 346 g/mol. The highest BCUT2D eigenvalue weighted by molar-refractivity contribution is 5.97. The van der Waals surface area contributed by atoms with Gasteiger partial charge in [0.05, 0.1) is 6.10 Å². The molecule has 7 heteroatoms. The molecule has 2 fully saturated rings. The van der Waals surface area contributed by atoms with Crippen molar-refractivity contribution < 1.29 is 14.7 Å². The van der Waals surface area contributed by atoms with Gasteiger partial charge in [-0.05, 0) is 31.4 Å². The Bertz CT molecular complexity index is 625. The number of piperazine rings is 1. The highest BCUT2D eigenvalue weighted by Gasteiger charge is 2.30. The second-order valence-corrected chi connectivity index (χ2v) is 6.85. The van der Waals surface area contributed by atoms with Crippen molar-refractivity contribution in [2.75, 3.05) is 38.0 Å². The summed E-state index contributed by atoms with van der Waals surface area (Å²) in [4.78, 5) is 32.7. The number of amides is 2. The minimum Gasteiger partial charge on any atom is -0.392 e. The third-order valence-electron chi connectivity index (χ3n) is 4.81. The first-order valence-electron chi connectivity index (χ1n) is 9.03. The number of aliphatic hydroxyl groups is 1. The monoisotopic (exact) mass is 346 g/mol. The highest BCUT2D eigenvalue weighted by atomic mass is 16.3. The molecule has 2 N–H and O–H groups in total. The molecule has 136 valence electrons. The van der Waals surface area contributed by atoms with E-state index in [0.29, 0.717) is 31.0 Å². The topological polar surface area (TPSA) is 85.8 Å². The number of hydrogen-bond donors (Lipinski definition) is 2. The van der Waals surface area contributed by atoms with Crippen molar-refractivity contribution in [3.8, 4) is 0 Å². The first-order valence-corrected chi connectivity index (χ1v) is 9.03. The van der Waals surface area contributed by atoms with E-state index in [1.807, 2.05) is 11.8 Å². The molecule has 3 rings (SSSR count). The van der Waals surface area contributed by atoms with Crippen LogP contribution < -0.4 is 5.32 Å². The van der Waals surface area contributed by atoms with Gasteiger partial charge in [-0.2, -0.15) is 0 Å². The van der Waals surface area contributed by atoms with E-state index in [1.165, 1.54) is 0 Å². The Hall–Kier alpha value is -1.99. The van der Waals surface area contributed by atoms with E-state index in [2.05, 4.69) is 15.2 Å². The lowest BCUT2D eigenvalue weighted by atomic mass is 10.2. The van der Waals surface area contributed by atoms with E-state index in [1.54, 1.807) is 18.3 Å². The zero-order chi connectivity index (χ0) is 17.8. The quantitative estimate of drug-likeness (QED) is 0.801. The first kappa shape index (κ1) is 17.8. The minimum absolute atomic E-state index is 0.0137. The number of carbonyl (C=O) groups excluding carboxylic acids is 2.